The van der Waals surface area contributed by atoms with E-state index in [2.05, 4.69) is 15.1 Å². The van der Waals surface area contributed by atoms with Crippen LogP contribution in [0.5, 0.6) is 0 Å². The zero-order valence-electron chi connectivity index (χ0n) is 26.9. The summed E-state index contributed by atoms with van der Waals surface area (Å²) in [5, 5.41) is 3.93. The molecule has 1 aromatic carbocycles. The van der Waals surface area contributed by atoms with Crippen LogP contribution in [0.1, 0.15) is 76.9 Å². The first-order valence-corrected chi connectivity index (χ1v) is 15.4. The SMILES string of the molecule is C[C@H](CC(=O)OC[C@H](c1ccc(Cl)c(-n2ncnc2C(F)F)c1)N1C(=O)[C@@](CC(C)(C)C)(c2ccc3nccn3c2)N=C1N)C(C)(F)F. The van der Waals surface area contributed by atoms with Gasteiger partial charge < -0.3 is 14.9 Å². The van der Waals surface area contributed by atoms with Crippen LogP contribution in [0, 0.1) is 11.3 Å². The molecular weight excluding hydrogens is 656 g/mol. The maximum atomic E-state index is 14.8. The average Bonchev–Trinajstić information content (AvgIpc) is 3.72. The molecule has 0 unspecified atom stereocenters. The summed E-state index contributed by atoms with van der Waals surface area (Å²) in [4.78, 5) is 41.4. The summed E-state index contributed by atoms with van der Waals surface area (Å²) >= 11 is 6.42. The van der Waals surface area contributed by atoms with Crippen molar-refractivity contribution in [1.29, 1.82) is 0 Å². The van der Waals surface area contributed by atoms with Crippen molar-refractivity contribution in [1.82, 2.24) is 29.0 Å². The zero-order valence-corrected chi connectivity index (χ0v) is 27.6. The molecule has 5 rings (SSSR count). The number of fused-ring (bicyclic) bond motifs is 1. The molecule has 16 heteroatoms. The Labute approximate surface area is 278 Å². The summed E-state index contributed by atoms with van der Waals surface area (Å²) in [5.74, 6) is -6.83. The number of aromatic nitrogens is 5. The molecule has 3 atom stereocenters. The first-order chi connectivity index (χ1) is 22.4. The number of guanidine groups is 1. The summed E-state index contributed by atoms with van der Waals surface area (Å²) in [6, 6.07) is 6.61. The molecule has 48 heavy (non-hydrogen) atoms. The normalized spacial score (nSPS) is 18.4. The fraction of sp³-hybridized carbons (Fsp3) is 0.438. The molecular formula is C32H35ClF4N8O3. The molecule has 0 spiro atoms. The van der Waals surface area contributed by atoms with Crippen LogP contribution in [0.3, 0.4) is 0 Å². The van der Waals surface area contributed by atoms with Crippen LogP contribution in [0.25, 0.3) is 11.3 Å². The van der Waals surface area contributed by atoms with E-state index in [0.29, 0.717) is 18.1 Å². The zero-order chi connectivity index (χ0) is 35.2. The molecule has 0 saturated heterocycles. The van der Waals surface area contributed by atoms with E-state index in [1.807, 2.05) is 20.8 Å². The number of aliphatic imine (C=N–C) groups is 1. The van der Waals surface area contributed by atoms with E-state index in [0.717, 1.165) is 11.0 Å². The largest absolute Gasteiger partial charge is 0.463 e. The summed E-state index contributed by atoms with van der Waals surface area (Å²) in [5.41, 5.74) is 6.01. The van der Waals surface area contributed by atoms with Crippen LogP contribution in [0.2, 0.25) is 5.02 Å². The highest BCUT2D eigenvalue weighted by atomic mass is 35.5. The minimum absolute atomic E-state index is 0.00575. The predicted octanol–water partition coefficient (Wildman–Crippen LogP) is 6.26. The van der Waals surface area contributed by atoms with Gasteiger partial charge in [-0.1, -0.05) is 51.4 Å². The minimum atomic E-state index is -3.14. The number of benzene rings is 1. The molecule has 0 fully saturated rings. The number of alkyl halides is 4. The lowest BCUT2D eigenvalue weighted by Crippen LogP contribution is -2.47. The van der Waals surface area contributed by atoms with Crippen molar-refractivity contribution in [2.45, 2.75) is 71.4 Å². The Morgan fingerprint density at radius 2 is 1.85 bits per heavy atom. The van der Waals surface area contributed by atoms with Crippen molar-refractivity contribution in [2.24, 2.45) is 22.1 Å². The molecule has 4 aromatic rings. The van der Waals surface area contributed by atoms with Gasteiger partial charge in [0.25, 0.3) is 12.3 Å². The summed E-state index contributed by atoms with van der Waals surface area (Å²) in [6.45, 7) is 7.22. The number of imidazole rings is 1. The number of pyridine rings is 1. The number of halogens is 5. The van der Waals surface area contributed by atoms with Gasteiger partial charge in [-0.3, -0.25) is 14.5 Å². The highest BCUT2D eigenvalue weighted by Crippen LogP contribution is 2.45. The Morgan fingerprint density at radius 3 is 2.52 bits per heavy atom. The van der Waals surface area contributed by atoms with Crippen molar-refractivity contribution in [3.63, 3.8) is 0 Å². The smallest absolute Gasteiger partial charge is 0.306 e. The fourth-order valence-electron chi connectivity index (χ4n) is 5.70. The molecule has 4 heterocycles. The number of rotatable bonds is 11. The van der Waals surface area contributed by atoms with E-state index < -0.39 is 66.0 Å². The molecule has 1 amide bonds. The van der Waals surface area contributed by atoms with Crippen LogP contribution in [0.15, 0.2) is 60.2 Å². The van der Waals surface area contributed by atoms with Gasteiger partial charge in [0.1, 0.15) is 18.6 Å². The van der Waals surface area contributed by atoms with Gasteiger partial charge in [-0.15, -0.1) is 0 Å². The molecule has 256 valence electrons. The summed E-state index contributed by atoms with van der Waals surface area (Å²) in [6.07, 6.45) is 2.65. The third-order valence-corrected chi connectivity index (χ3v) is 8.50. The first kappa shape index (κ1) is 34.8. The number of ether oxygens (including phenoxy) is 1. The lowest BCUT2D eigenvalue weighted by molar-refractivity contribution is -0.151. The maximum absolute atomic E-state index is 14.8. The number of hydrogen-bond donors (Lipinski definition) is 1. The van der Waals surface area contributed by atoms with Crippen molar-refractivity contribution in [3.8, 4) is 5.69 Å². The van der Waals surface area contributed by atoms with E-state index in [4.69, 9.17) is 27.1 Å². The van der Waals surface area contributed by atoms with Gasteiger partial charge in [0.2, 0.25) is 5.92 Å². The van der Waals surface area contributed by atoms with Crippen LogP contribution < -0.4 is 5.73 Å². The number of carbonyl (C=O) groups excluding carboxylic acids is 2. The predicted molar refractivity (Wildman–Crippen MR) is 169 cm³/mol. The van der Waals surface area contributed by atoms with Crippen molar-refractivity contribution >= 4 is 35.1 Å². The van der Waals surface area contributed by atoms with Gasteiger partial charge in [-0.25, -0.2) is 37.2 Å². The van der Waals surface area contributed by atoms with Crippen molar-refractivity contribution in [3.05, 3.63) is 77.2 Å². The maximum Gasteiger partial charge on any atom is 0.306 e. The molecule has 0 bridgehead atoms. The van der Waals surface area contributed by atoms with E-state index in [1.165, 1.54) is 30.0 Å². The van der Waals surface area contributed by atoms with E-state index in [-0.39, 0.29) is 28.7 Å². The second kappa shape index (κ2) is 12.8. The third kappa shape index (κ3) is 6.86. The van der Waals surface area contributed by atoms with Crippen LogP contribution >= 0.6 is 11.6 Å². The molecule has 3 aromatic heterocycles. The van der Waals surface area contributed by atoms with Crippen LogP contribution in [-0.4, -0.2) is 59.4 Å². The third-order valence-electron chi connectivity index (χ3n) is 8.18. The lowest BCUT2D eigenvalue weighted by atomic mass is 9.76. The Kier molecular flexibility index (Phi) is 9.30. The number of carbonyl (C=O) groups is 2. The standard InChI is InChI=1S/C32H35ClF4N8O3/c1-18(31(5,36)37)12-25(46)48-15-23(19-6-8-21(33)22(13-19)45-27(26(34)35)40-17-41-45)44-28(47)32(42-29(44)38,16-30(2,3)4)20-7-9-24-39-10-11-43(24)14-20/h6-11,13-14,17-18,23,26H,12,15-16H2,1-5H3,(H2,38,42)/t18-,23-,32-/m1/s1. The van der Waals surface area contributed by atoms with Crippen molar-refractivity contribution < 1.29 is 31.9 Å². The highest BCUT2D eigenvalue weighted by molar-refractivity contribution is 6.32. The van der Waals surface area contributed by atoms with E-state index >= 15 is 0 Å². The minimum Gasteiger partial charge on any atom is -0.463 e. The van der Waals surface area contributed by atoms with Gasteiger partial charge in [-0.2, -0.15) is 5.10 Å². The summed E-state index contributed by atoms with van der Waals surface area (Å²) < 4.78 is 63.4. The monoisotopic (exact) mass is 690 g/mol. The highest BCUT2D eigenvalue weighted by Gasteiger charge is 2.53. The van der Waals surface area contributed by atoms with Crippen molar-refractivity contribution in [2.75, 3.05) is 6.61 Å². The fourth-order valence-corrected chi connectivity index (χ4v) is 5.90. The quantitative estimate of drug-likeness (QED) is 0.145. The molecule has 0 aliphatic carbocycles. The number of nitrogens with two attached hydrogens (primary N) is 1. The van der Waals surface area contributed by atoms with Gasteiger partial charge in [0.05, 0.1) is 23.2 Å². The van der Waals surface area contributed by atoms with Gasteiger partial charge in [-0.05, 0) is 42.5 Å². The van der Waals surface area contributed by atoms with E-state index in [1.54, 1.807) is 35.1 Å². The second-order valence-corrected chi connectivity index (χ2v) is 13.6. The Balaban J connectivity index is 1.60. The Hall–Kier alpha value is -4.53. The van der Waals surface area contributed by atoms with E-state index in [9.17, 15) is 27.2 Å². The lowest BCUT2D eigenvalue weighted by Gasteiger charge is -2.34. The second-order valence-electron chi connectivity index (χ2n) is 13.2. The summed E-state index contributed by atoms with van der Waals surface area (Å²) in [7, 11) is 0. The van der Waals surface area contributed by atoms with Crippen LogP contribution in [-0.2, 0) is 19.9 Å². The van der Waals surface area contributed by atoms with Gasteiger partial charge in [0, 0.05) is 30.1 Å². The molecule has 2 N–H and O–H groups in total. The molecule has 0 radical (unpaired) electrons. The topological polar surface area (TPSA) is 133 Å². The Morgan fingerprint density at radius 1 is 1.12 bits per heavy atom. The average molecular weight is 691 g/mol. The molecule has 1 aliphatic heterocycles. The number of amides is 1. The number of hydrogen-bond acceptors (Lipinski definition) is 8. The van der Waals surface area contributed by atoms with Gasteiger partial charge >= 0.3 is 5.97 Å². The first-order valence-electron chi connectivity index (χ1n) is 15.0. The molecule has 11 nitrogen and oxygen atoms in total. The molecule has 1 aliphatic rings. The molecule has 0 saturated carbocycles. The number of esters is 1. The van der Waals surface area contributed by atoms with Gasteiger partial charge in [0.15, 0.2) is 17.3 Å². The number of nitrogens with zero attached hydrogens (tertiary/aromatic N) is 7. The Bertz CT molecular complexity index is 1870. The van der Waals surface area contributed by atoms with Crippen LogP contribution in [0.4, 0.5) is 17.6 Å².